The van der Waals surface area contributed by atoms with Gasteiger partial charge < -0.3 is 9.05 Å². The predicted molar refractivity (Wildman–Crippen MR) is 194 cm³/mol. The van der Waals surface area contributed by atoms with Gasteiger partial charge in [0, 0.05) is 27.7 Å². The Morgan fingerprint density at radius 3 is 1.10 bits per heavy atom. The minimum Gasteiger partial charge on any atom is -0.419 e. The lowest BCUT2D eigenvalue weighted by atomic mass is 10.1. The second kappa shape index (κ2) is 15.5. The molecule has 0 N–H and O–H groups in total. The monoisotopic (exact) mass is 677 g/mol. The molecule has 0 heterocycles. The van der Waals surface area contributed by atoms with Gasteiger partial charge in [-0.25, -0.2) is 0 Å². The maximum atomic E-state index is 9.18. The van der Waals surface area contributed by atoms with E-state index >= 15 is 0 Å². The van der Waals surface area contributed by atoms with Gasteiger partial charge in [-0.3, -0.25) is 0 Å². The van der Waals surface area contributed by atoms with Crippen LogP contribution in [0.3, 0.4) is 0 Å². The summed E-state index contributed by atoms with van der Waals surface area (Å²) >= 11 is 6.33. The minimum absolute atomic E-state index is 0.0229. The number of allylic oxidation sites excluding steroid dienone is 2. The Balaban J connectivity index is 1.73. The fourth-order valence-corrected chi connectivity index (χ4v) is 12.6. The summed E-state index contributed by atoms with van der Waals surface area (Å²) in [5.74, 6) is 0.795. The fourth-order valence-electron chi connectivity index (χ4n) is 4.78. The number of rotatable bonds is 10. The highest BCUT2D eigenvalue weighted by atomic mass is 32.5. The Labute approximate surface area is 284 Å². The summed E-state index contributed by atoms with van der Waals surface area (Å²) in [7, 11) is -2.87. The van der Waals surface area contributed by atoms with Crippen molar-refractivity contribution in [1.82, 2.24) is 0 Å². The van der Waals surface area contributed by atoms with Gasteiger partial charge in [-0.05, 0) is 47.5 Å². The molecule has 0 fully saturated rings. The summed E-state index contributed by atoms with van der Waals surface area (Å²) in [5, 5.41) is 39.6. The second-order valence-electron chi connectivity index (χ2n) is 10.1. The smallest absolute Gasteiger partial charge is 0.413 e. The van der Waals surface area contributed by atoms with Gasteiger partial charge in [0.15, 0.2) is 0 Å². The lowest BCUT2D eigenvalue weighted by molar-refractivity contribution is 0.489. The Morgan fingerprint density at radius 2 is 0.812 bits per heavy atom. The van der Waals surface area contributed by atoms with E-state index in [-0.39, 0.29) is 11.1 Å². The van der Waals surface area contributed by atoms with Crippen LogP contribution >= 0.6 is 13.7 Å². The number of benzene rings is 5. The molecular formula is C38H25N5O2P2S. The molecule has 0 unspecified atom stereocenters. The molecule has 0 aliphatic rings. The van der Waals surface area contributed by atoms with E-state index < -0.39 is 13.7 Å². The van der Waals surface area contributed by atoms with Crippen molar-refractivity contribution in [1.29, 1.82) is 21.0 Å². The van der Waals surface area contributed by atoms with E-state index in [0.717, 1.165) is 15.9 Å². The van der Waals surface area contributed by atoms with Crippen molar-refractivity contribution in [2.45, 2.75) is 0 Å². The largest absolute Gasteiger partial charge is 0.419 e. The summed E-state index contributed by atoms with van der Waals surface area (Å²) in [6, 6.07) is 51.1. The molecule has 48 heavy (non-hydrogen) atoms. The first-order chi connectivity index (χ1) is 23.4. The third-order valence-corrected chi connectivity index (χ3v) is 14.0. The summed E-state index contributed by atoms with van der Waals surface area (Å²) < 4.78 is 18.7. The molecule has 0 spiro atoms. The van der Waals surface area contributed by atoms with Crippen molar-refractivity contribution >= 4 is 53.6 Å². The molecule has 0 bridgehead atoms. The van der Waals surface area contributed by atoms with Gasteiger partial charge in [-0.1, -0.05) is 115 Å². The zero-order valence-corrected chi connectivity index (χ0v) is 27.9. The molecule has 0 saturated carbocycles. The molecule has 0 amide bonds. The molecule has 0 aliphatic carbocycles. The second-order valence-corrected chi connectivity index (χ2v) is 16.3. The topological polar surface area (TPSA) is 126 Å². The van der Waals surface area contributed by atoms with Crippen molar-refractivity contribution < 1.29 is 9.05 Å². The van der Waals surface area contributed by atoms with Gasteiger partial charge in [-0.2, -0.15) is 25.6 Å². The van der Waals surface area contributed by atoms with Gasteiger partial charge in [0.2, 0.25) is 0 Å². The summed E-state index contributed by atoms with van der Waals surface area (Å²) in [6.07, 6.45) is 2.97. The molecule has 7 nitrogen and oxygen atoms in total. The van der Waals surface area contributed by atoms with Crippen LogP contribution in [0.1, 0.15) is 11.1 Å². The van der Waals surface area contributed by atoms with Crippen molar-refractivity contribution in [2.75, 3.05) is 0 Å². The molecule has 5 aromatic carbocycles. The van der Waals surface area contributed by atoms with Crippen LogP contribution in [0.25, 0.3) is 12.2 Å². The highest BCUT2D eigenvalue weighted by Crippen LogP contribution is 2.61. The third-order valence-electron chi connectivity index (χ3n) is 6.94. The molecule has 230 valence electrons. The fraction of sp³-hybridized carbons (Fsp3) is 0. The molecule has 0 atom stereocenters. The minimum atomic E-state index is -3.62. The summed E-state index contributed by atoms with van der Waals surface area (Å²) in [6.45, 7) is -3.62. The summed E-state index contributed by atoms with van der Waals surface area (Å²) in [5.41, 5.74) is 1.24. The van der Waals surface area contributed by atoms with Crippen molar-refractivity contribution in [3.8, 4) is 35.8 Å². The maximum absolute atomic E-state index is 9.18. The molecule has 0 aromatic heterocycles. The Bertz CT molecular complexity index is 2020. The third kappa shape index (κ3) is 7.86. The molecule has 0 aliphatic heterocycles. The molecule has 0 saturated heterocycles. The number of nitrogens with zero attached hydrogens (tertiary/aromatic N) is 5. The van der Waals surface area contributed by atoms with E-state index in [9.17, 15) is 21.0 Å². The Morgan fingerprint density at radius 1 is 0.500 bits per heavy atom. The van der Waals surface area contributed by atoms with Gasteiger partial charge in [0.05, 0.1) is 7.05 Å². The van der Waals surface area contributed by atoms with E-state index in [2.05, 4.69) is 0 Å². The van der Waals surface area contributed by atoms with Crippen LogP contribution in [-0.2, 0) is 11.8 Å². The molecule has 0 radical (unpaired) electrons. The maximum Gasteiger partial charge on any atom is 0.413 e. The normalized spacial score (nSPS) is 10.5. The van der Waals surface area contributed by atoms with Gasteiger partial charge in [0.25, 0.3) is 0 Å². The van der Waals surface area contributed by atoms with Crippen LogP contribution in [0.4, 0.5) is 0 Å². The van der Waals surface area contributed by atoms with E-state index in [0.29, 0.717) is 22.6 Å². The van der Waals surface area contributed by atoms with Crippen LogP contribution in [0.5, 0.6) is 11.5 Å². The average molecular weight is 678 g/mol. The van der Waals surface area contributed by atoms with E-state index in [1.807, 2.05) is 115 Å². The molecule has 5 rings (SSSR count). The van der Waals surface area contributed by atoms with Crippen LogP contribution in [0.2, 0.25) is 0 Å². The Kier molecular flexibility index (Phi) is 10.8. The number of hydrogen-bond acceptors (Lipinski definition) is 7. The van der Waals surface area contributed by atoms with Crippen LogP contribution < -0.4 is 25.0 Å². The highest BCUT2D eigenvalue weighted by Gasteiger charge is 2.34. The van der Waals surface area contributed by atoms with Gasteiger partial charge in [-0.15, -0.1) is 0 Å². The molecule has 10 heteroatoms. The molecule has 5 aromatic rings. The Hall–Kier alpha value is -5.98. The molecular weight excluding hydrogens is 652 g/mol. The van der Waals surface area contributed by atoms with Gasteiger partial charge in [0.1, 0.15) is 46.9 Å². The van der Waals surface area contributed by atoms with Crippen LogP contribution in [-0.4, -0.2) is 0 Å². The summed E-state index contributed by atoms with van der Waals surface area (Å²) in [4.78, 5) is 0. The zero-order valence-electron chi connectivity index (χ0n) is 25.3. The first kappa shape index (κ1) is 33.4. The first-order valence-corrected chi connectivity index (χ1v) is 18.8. The van der Waals surface area contributed by atoms with Gasteiger partial charge >= 0.3 is 6.64 Å². The highest BCUT2D eigenvalue weighted by molar-refractivity contribution is 8.12. The lowest BCUT2D eigenvalue weighted by Gasteiger charge is -2.30. The van der Waals surface area contributed by atoms with Crippen molar-refractivity contribution in [3.63, 3.8) is 0 Å². The predicted octanol–water partition coefficient (Wildman–Crippen LogP) is 8.41. The van der Waals surface area contributed by atoms with Crippen molar-refractivity contribution in [3.05, 3.63) is 162 Å². The zero-order chi connectivity index (χ0) is 33.8. The SMILES string of the molecule is N#CC(C#N)=Cc1ccc(OP(=S)(N=P(c2ccccc2)(c2ccccc2)c2ccccc2)Oc2ccc(C=C(C#N)C#N)cc2)cc1. The van der Waals surface area contributed by atoms with Crippen molar-refractivity contribution in [2.24, 2.45) is 4.52 Å². The van der Waals surface area contributed by atoms with Crippen LogP contribution in [0, 0.1) is 45.3 Å². The van der Waals surface area contributed by atoms with E-state index in [1.54, 1.807) is 48.5 Å². The van der Waals surface area contributed by atoms with Crippen LogP contribution in [0.15, 0.2) is 155 Å². The average Bonchev–Trinajstić information content (AvgIpc) is 3.14. The quantitative estimate of drug-likeness (QED) is 0.107. The lowest BCUT2D eigenvalue weighted by Crippen LogP contribution is -2.25. The number of hydrogen-bond donors (Lipinski definition) is 0. The number of nitriles is 4. The first-order valence-electron chi connectivity index (χ1n) is 14.5. The standard InChI is InChI=1S/C38H25N5O2P2S/c39-26-32(27-40)24-30-16-20-34(21-17-30)44-47(48,45-35-22-18-31(19-23-35)25-33(28-41)29-42)43-46(36-10-4-1-5-11-36,37-12-6-2-7-13-37)38-14-8-3-9-15-38/h1-25H. The van der Waals surface area contributed by atoms with E-state index in [4.69, 9.17) is 25.4 Å². The van der Waals surface area contributed by atoms with E-state index in [1.165, 1.54) is 12.2 Å².